The summed E-state index contributed by atoms with van der Waals surface area (Å²) in [6.07, 6.45) is 0.852. The molecular weight excluding hydrogens is 257 g/mol. The Bertz CT molecular complexity index is 609. The van der Waals surface area contributed by atoms with Crippen molar-refractivity contribution in [1.29, 1.82) is 0 Å². The maximum absolute atomic E-state index is 12.8. The predicted octanol–water partition coefficient (Wildman–Crippen LogP) is -1.40. The van der Waals surface area contributed by atoms with Gasteiger partial charge < -0.3 is 17.5 Å². The molecule has 2 aromatic rings. The Labute approximate surface area is 138 Å². The van der Waals surface area contributed by atoms with Crippen LogP contribution in [-0.2, 0) is 7.05 Å². The molecule has 2 nitrogen and oxygen atoms in total. The SMILES string of the molecule is Cn1cc([B-](F)(F)F)c2ccccc2c1=O.[K+]. The standard InChI is InChI=1S/C10H8BF3NO.K/c1-15-6-9(11(12,13)14)7-4-2-3-5-8(7)10(15)16;/h2-6H,1H3;/q-1;+1. The minimum Gasteiger partial charge on any atom is -0.445 e. The average Bonchev–Trinajstić information content (AvgIpc) is 2.22. The van der Waals surface area contributed by atoms with Gasteiger partial charge in [-0.2, -0.15) is 0 Å². The molecule has 0 amide bonds. The minimum absolute atomic E-state index is 0. The van der Waals surface area contributed by atoms with Crippen LogP contribution >= 0.6 is 0 Å². The molecule has 0 spiro atoms. The van der Waals surface area contributed by atoms with Crippen molar-refractivity contribution in [1.82, 2.24) is 4.57 Å². The fourth-order valence-corrected chi connectivity index (χ4v) is 1.71. The smallest absolute Gasteiger partial charge is 0.445 e. The van der Waals surface area contributed by atoms with Gasteiger partial charge in [-0.15, -0.1) is 0 Å². The third-order valence-electron chi connectivity index (χ3n) is 2.47. The van der Waals surface area contributed by atoms with Crippen molar-refractivity contribution in [2.75, 3.05) is 0 Å². The molecular formula is C10H8BF3KNO. The van der Waals surface area contributed by atoms with E-state index in [4.69, 9.17) is 0 Å². The monoisotopic (exact) mass is 265 g/mol. The summed E-state index contributed by atoms with van der Waals surface area (Å²) in [5.41, 5.74) is -1.14. The quantitative estimate of drug-likeness (QED) is 0.581. The first-order valence-corrected chi connectivity index (χ1v) is 4.69. The number of fused-ring (bicyclic) bond motifs is 1. The molecule has 1 aromatic heterocycles. The molecule has 0 radical (unpaired) electrons. The van der Waals surface area contributed by atoms with E-state index in [2.05, 4.69) is 0 Å². The number of nitrogens with zero attached hydrogens (tertiary/aromatic N) is 1. The van der Waals surface area contributed by atoms with Gasteiger partial charge in [-0.1, -0.05) is 23.7 Å². The van der Waals surface area contributed by atoms with Gasteiger partial charge in [0.1, 0.15) is 0 Å². The molecule has 0 saturated carbocycles. The van der Waals surface area contributed by atoms with Crippen LogP contribution in [-0.4, -0.2) is 11.5 Å². The van der Waals surface area contributed by atoms with Gasteiger partial charge in [0, 0.05) is 12.4 Å². The Morgan fingerprint density at radius 1 is 1.12 bits per heavy atom. The average molecular weight is 265 g/mol. The van der Waals surface area contributed by atoms with E-state index in [1.807, 2.05) is 0 Å². The Balaban J connectivity index is 0.00000144. The molecule has 0 aliphatic carbocycles. The fourth-order valence-electron chi connectivity index (χ4n) is 1.71. The van der Waals surface area contributed by atoms with Crippen molar-refractivity contribution in [2.45, 2.75) is 0 Å². The van der Waals surface area contributed by atoms with E-state index in [9.17, 15) is 17.7 Å². The maximum atomic E-state index is 12.8. The van der Waals surface area contributed by atoms with Crippen molar-refractivity contribution in [3.05, 3.63) is 40.8 Å². The first-order chi connectivity index (χ1) is 7.41. The summed E-state index contributed by atoms with van der Waals surface area (Å²) in [5.74, 6) is 0. The van der Waals surface area contributed by atoms with Crippen molar-refractivity contribution in [3.8, 4) is 0 Å². The number of benzene rings is 1. The third-order valence-corrected chi connectivity index (χ3v) is 2.47. The molecule has 0 saturated heterocycles. The van der Waals surface area contributed by atoms with Gasteiger partial charge in [-0.3, -0.25) is 4.79 Å². The van der Waals surface area contributed by atoms with Crippen LogP contribution in [0.5, 0.6) is 0 Å². The number of hydrogen-bond donors (Lipinski definition) is 0. The summed E-state index contributed by atoms with van der Waals surface area (Å²) in [6, 6.07) is 5.77. The van der Waals surface area contributed by atoms with E-state index >= 15 is 0 Å². The van der Waals surface area contributed by atoms with Crippen molar-refractivity contribution < 1.29 is 64.3 Å². The zero-order valence-electron chi connectivity index (χ0n) is 9.45. The van der Waals surface area contributed by atoms with Crippen molar-refractivity contribution in [3.63, 3.8) is 0 Å². The zero-order valence-corrected chi connectivity index (χ0v) is 12.6. The van der Waals surface area contributed by atoms with Crippen LogP contribution in [0.15, 0.2) is 35.3 Å². The second-order valence-electron chi connectivity index (χ2n) is 3.62. The second kappa shape index (κ2) is 5.28. The molecule has 0 bridgehead atoms. The van der Waals surface area contributed by atoms with Crippen LogP contribution in [0.3, 0.4) is 0 Å². The van der Waals surface area contributed by atoms with Crippen LogP contribution < -0.4 is 62.4 Å². The van der Waals surface area contributed by atoms with Crippen LogP contribution in [0, 0.1) is 0 Å². The number of halogens is 3. The predicted molar refractivity (Wildman–Crippen MR) is 57.9 cm³/mol. The molecule has 0 aliphatic rings. The van der Waals surface area contributed by atoms with Crippen molar-refractivity contribution in [2.24, 2.45) is 7.05 Å². The number of hydrogen-bond acceptors (Lipinski definition) is 1. The first-order valence-electron chi connectivity index (χ1n) is 4.69. The van der Waals surface area contributed by atoms with Gasteiger partial charge >= 0.3 is 58.4 Å². The molecule has 84 valence electrons. The summed E-state index contributed by atoms with van der Waals surface area (Å²) in [6.45, 7) is -5.11. The summed E-state index contributed by atoms with van der Waals surface area (Å²) in [7, 11) is 1.32. The van der Waals surface area contributed by atoms with Gasteiger partial charge in [0.2, 0.25) is 0 Å². The summed E-state index contributed by atoms with van der Waals surface area (Å²) < 4.78 is 39.3. The van der Waals surface area contributed by atoms with E-state index in [0.717, 1.165) is 10.8 Å². The van der Waals surface area contributed by atoms with E-state index in [1.165, 1.54) is 25.2 Å². The van der Waals surface area contributed by atoms with Crippen LogP contribution in [0.2, 0.25) is 0 Å². The normalized spacial score (nSPS) is 11.3. The molecule has 7 heteroatoms. The van der Waals surface area contributed by atoms with E-state index < -0.39 is 18.0 Å². The Hall–Kier alpha value is -0.0787. The molecule has 17 heavy (non-hydrogen) atoms. The van der Waals surface area contributed by atoms with Crippen LogP contribution in [0.4, 0.5) is 12.9 Å². The van der Waals surface area contributed by atoms with Gasteiger partial charge in [0.05, 0.1) is 0 Å². The fraction of sp³-hybridized carbons (Fsp3) is 0.100. The topological polar surface area (TPSA) is 22.0 Å². The molecule has 0 atom stereocenters. The number of aryl methyl sites for hydroxylation is 1. The molecule has 1 heterocycles. The Morgan fingerprint density at radius 2 is 1.65 bits per heavy atom. The summed E-state index contributed by atoms with van der Waals surface area (Å²) in [5, 5.41) is 0.0693. The molecule has 0 unspecified atom stereocenters. The number of aromatic nitrogens is 1. The third kappa shape index (κ3) is 2.85. The van der Waals surface area contributed by atoms with Gasteiger partial charge in [0.25, 0.3) is 5.56 Å². The van der Waals surface area contributed by atoms with Gasteiger partial charge in [-0.25, -0.2) is 0 Å². The van der Waals surface area contributed by atoms with E-state index in [1.54, 1.807) is 6.07 Å². The maximum Gasteiger partial charge on any atom is 1.00 e. The number of rotatable bonds is 1. The molecule has 0 fully saturated rings. The summed E-state index contributed by atoms with van der Waals surface area (Å²) in [4.78, 5) is 11.6. The minimum atomic E-state index is -5.11. The molecule has 2 rings (SSSR count). The van der Waals surface area contributed by atoms with Crippen LogP contribution in [0.1, 0.15) is 0 Å². The second-order valence-corrected chi connectivity index (χ2v) is 3.62. The van der Waals surface area contributed by atoms with Gasteiger partial charge in [0.15, 0.2) is 0 Å². The largest absolute Gasteiger partial charge is 1.00 e. The zero-order chi connectivity index (χ0) is 11.9. The van der Waals surface area contributed by atoms with Crippen molar-refractivity contribution >= 4 is 23.2 Å². The van der Waals surface area contributed by atoms with Crippen LogP contribution in [0.25, 0.3) is 10.8 Å². The molecule has 1 aromatic carbocycles. The van der Waals surface area contributed by atoms with E-state index in [-0.39, 0.29) is 62.2 Å². The molecule has 0 N–H and O–H groups in total. The molecule has 0 aliphatic heterocycles. The summed E-state index contributed by atoms with van der Waals surface area (Å²) >= 11 is 0. The van der Waals surface area contributed by atoms with E-state index in [0.29, 0.717) is 0 Å². The Morgan fingerprint density at radius 3 is 2.18 bits per heavy atom. The van der Waals surface area contributed by atoms with Gasteiger partial charge in [-0.05, 0) is 17.6 Å². The first kappa shape index (κ1) is 15.0. The number of pyridine rings is 1. The Kier molecular flexibility index (Phi) is 4.65.